The van der Waals surface area contributed by atoms with Crippen LogP contribution in [-0.2, 0) is 9.53 Å². The fourth-order valence-electron chi connectivity index (χ4n) is 1.54. The van der Waals surface area contributed by atoms with Gasteiger partial charge < -0.3 is 4.74 Å². The van der Waals surface area contributed by atoms with E-state index in [0.717, 1.165) is 6.42 Å². The number of carbonyl (C=O) groups excluding carboxylic acids is 1. The van der Waals surface area contributed by atoms with Gasteiger partial charge in [-0.2, -0.15) is 0 Å². The highest BCUT2D eigenvalue weighted by Crippen LogP contribution is 2.38. The normalized spacial score (nSPS) is 26.8. The monoisotopic (exact) mass is 170 g/mol. The first-order chi connectivity index (χ1) is 5.74. The maximum atomic E-state index is 10.5. The lowest BCUT2D eigenvalue weighted by molar-refractivity contribution is -0.142. The maximum Gasteiger partial charge on any atom is 0.302 e. The molecule has 1 fully saturated rings. The summed E-state index contributed by atoms with van der Waals surface area (Å²) in [6, 6.07) is 0. The van der Waals surface area contributed by atoms with Crippen LogP contribution in [0.15, 0.2) is 0 Å². The Hall–Kier alpha value is -0.530. The second-order valence-electron chi connectivity index (χ2n) is 3.64. The zero-order valence-corrected chi connectivity index (χ0v) is 8.01. The quantitative estimate of drug-likeness (QED) is 0.468. The van der Waals surface area contributed by atoms with Crippen LogP contribution in [0.5, 0.6) is 0 Å². The Balaban J connectivity index is 1.97. The molecule has 2 atom stereocenters. The second-order valence-corrected chi connectivity index (χ2v) is 3.64. The van der Waals surface area contributed by atoms with Gasteiger partial charge in [0.25, 0.3) is 0 Å². The molecule has 0 aromatic rings. The molecule has 0 heterocycles. The summed E-state index contributed by atoms with van der Waals surface area (Å²) in [7, 11) is 0. The van der Waals surface area contributed by atoms with Crippen LogP contribution in [0.4, 0.5) is 0 Å². The number of hydrogen-bond donors (Lipinski definition) is 0. The van der Waals surface area contributed by atoms with Gasteiger partial charge in [-0.15, -0.1) is 0 Å². The fraction of sp³-hybridized carbons (Fsp3) is 0.900. The van der Waals surface area contributed by atoms with Crippen molar-refractivity contribution in [2.24, 2.45) is 5.92 Å². The van der Waals surface area contributed by atoms with E-state index in [2.05, 4.69) is 6.92 Å². The molecular weight excluding hydrogens is 152 g/mol. The molecule has 2 heteroatoms. The number of esters is 1. The SMILES string of the molecule is CCCCC[C@@H]1C[C@@H]1OC(C)=O. The topological polar surface area (TPSA) is 26.3 Å². The minimum absolute atomic E-state index is 0.127. The van der Waals surface area contributed by atoms with E-state index in [1.165, 1.54) is 32.6 Å². The summed E-state index contributed by atoms with van der Waals surface area (Å²) in [4.78, 5) is 10.5. The Morgan fingerprint density at radius 3 is 2.83 bits per heavy atom. The molecule has 0 spiro atoms. The van der Waals surface area contributed by atoms with Crippen molar-refractivity contribution in [1.29, 1.82) is 0 Å². The number of unbranched alkanes of at least 4 members (excludes halogenated alkanes) is 2. The predicted octanol–water partition coefficient (Wildman–Crippen LogP) is 2.52. The van der Waals surface area contributed by atoms with Crippen molar-refractivity contribution in [3.63, 3.8) is 0 Å². The number of ether oxygens (including phenoxy) is 1. The van der Waals surface area contributed by atoms with Crippen molar-refractivity contribution < 1.29 is 9.53 Å². The van der Waals surface area contributed by atoms with E-state index < -0.39 is 0 Å². The van der Waals surface area contributed by atoms with Crippen LogP contribution in [0.1, 0.15) is 46.0 Å². The van der Waals surface area contributed by atoms with Crippen LogP contribution < -0.4 is 0 Å². The Morgan fingerprint density at radius 1 is 1.50 bits per heavy atom. The highest BCUT2D eigenvalue weighted by molar-refractivity contribution is 5.66. The second kappa shape index (κ2) is 4.48. The molecule has 1 aliphatic rings. The highest BCUT2D eigenvalue weighted by atomic mass is 16.5. The summed E-state index contributed by atoms with van der Waals surface area (Å²) < 4.78 is 5.07. The minimum Gasteiger partial charge on any atom is -0.462 e. The molecule has 0 radical (unpaired) electrons. The lowest BCUT2D eigenvalue weighted by atomic mass is 10.1. The predicted molar refractivity (Wildman–Crippen MR) is 47.8 cm³/mol. The molecular formula is C10H18O2. The van der Waals surface area contributed by atoms with Gasteiger partial charge in [-0.1, -0.05) is 26.2 Å². The molecule has 1 aliphatic carbocycles. The van der Waals surface area contributed by atoms with Crippen LogP contribution in [-0.4, -0.2) is 12.1 Å². The van der Waals surface area contributed by atoms with Gasteiger partial charge >= 0.3 is 5.97 Å². The standard InChI is InChI=1S/C10H18O2/c1-3-4-5-6-9-7-10(9)12-8(2)11/h9-10H,3-7H2,1-2H3/t9-,10+/m1/s1. The third-order valence-electron chi connectivity index (χ3n) is 2.35. The largest absolute Gasteiger partial charge is 0.462 e. The average Bonchev–Trinajstić information content (AvgIpc) is 2.67. The first kappa shape index (κ1) is 9.56. The molecule has 1 rings (SSSR count). The van der Waals surface area contributed by atoms with Crippen LogP contribution in [0, 0.1) is 5.92 Å². The van der Waals surface area contributed by atoms with Gasteiger partial charge in [0, 0.05) is 6.92 Å². The minimum atomic E-state index is -0.127. The molecule has 0 unspecified atom stereocenters. The van der Waals surface area contributed by atoms with Gasteiger partial charge in [0.2, 0.25) is 0 Å². The molecule has 0 bridgehead atoms. The van der Waals surface area contributed by atoms with E-state index in [4.69, 9.17) is 4.74 Å². The molecule has 1 saturated carbocycles. The first-order valence-corrected chi connectivity index (χ1v) is 4.91. The van der Waals surface area contributed by atoms with Gasteiger partial charge in [0.15, 0.2) is 0 Å². The van der Waals surface area contributed by atoms with Crippen molar-refractivity contribution in [3.05, 3.63) is 0 Å². The smallest absolute Gasteiger partial charge is 0.302 e. The number of carbonyl (C=O) groups is 1. The van der Waals surface area contributed by atoms with Gasteiger partial charge in [0.1, 0.15) is 6.10 Å². The lowest BCUT2D eigenvalue weighted by Gasteiger charge is -1.99. The van der Waals surface area contributed by atoms with Crippen molar-refractivity contribution in [2.45, 2.75) is 52.1 Å². The Bertz CT molecular complexity index is 154. The van der Waals surface area contributed by atoms with E-state index in [9.17, 15) is 4.79 Å². The maximum absolute atomic E-state index is 10.5. The zero-order valence-electron chi connectivity index (χ0n) is 8.01. The van der Waals surface area contributed by atoms with Gasteiger partial charge in [-0.05, 0) is 18.8 Å². The molecule has 0 N–H and O–H groups in total. The third kappa shape index (κ3) is 3.24. The summed E-state index contributed by atoms with van der Waals surface area (Å²) in [5.41, 5.74) is 0. The molecule has 0 aromatic carbocycles. The molecule has 0 aliphatic heterocycles. The van der Waals surface area contributed by atoms with Crippen molar-refractivity contribution >= 4 is 5.97 Å². The van der Waals surface area contributed by atoms with Crippen LogP contribution in [0.2, 0.25) is 0 Å². The van der Waals surface area contributed by atoms with Gasteiger partial charge in [-0.25, -0.2) is 0 Å². The Labute approximate surface area is 74.3 Å². The van der Waals surface area contributed by atoms with Crippen molar-refractivity contribution in [2.75, 3.05) is 0 Å². The van der Waals surface area contributed by atoms with Crippen LogP contribution in [0.25, 0.3) is 0 Å². The van der Waals surface area contributed by atoms with E-state index in [-0.39, 0.29) is 12.1 Å². The zero-order chi connectivity index (χ0) is 8.97. The van der Waals surface area contributed by atoms with Gasteiger partial charge in [0.05, 0.1) is 0 Å². The molecule has 0 aromatic heterocycles. The highest BCUT2D eigenvalue weighted by Gasteiger charge is 2.39. The Morgan fingerprint density at radius 2 is 2.25 bits per heavy atom. The Kier molecular flexibility index (Phi) is 3.57. The lowest BCUT2D eigenvalue weighted by Crippen LogP contribution is -2.02. The molecule has 70 valence electrons. The number of rotatable bonds is 5. The van der Waals surface area contributed by atoms with E-state index >= 15 is 0 Å². The number of hydrogen-bond acceptors (Lipinski definition) is 2. The van der Waals surface area contributed by atoms with Crippen LogP contribution >= 0.6 is 0 Å². The third-order valence-corrected chi connectivity index (χ3v) is 2.35. The molecule has 0 saturated heterocycles. The van der Waals surface area contributed by atoms with Crippen molar-refractivity contribution in [3.8, 4) is 0 Å². The van der Waals surface area contributed by atoms with Crippen LogP contribution in [0.3, 0.4) is 0 Å². The van der Waals surface area contributed by atoms with Crippen molar-refractivity contribution in [1.82, 2.24) is 0 Å². The first-order valence-electron chi connectivity index (χ1n) is 4.91. The summed E-state index contributed by atoms with van der Waals surface area (Å²) in [5, 5.41) is 0. The van der Waals surface area contributed by atoms with E-state index in [1.807, 2.05) is 0 Å². The van der Waals surface area contributed by atoms with E-state index in [1.54, 1.807) is 0 Å². The molecule has 2 nitrogen and oxygen atoms in total. The molecule has 0 amide bonds. The summed E-state index contributed by atoms with van der Waals surface area (Å²) in [6.07, 6.45) is 6.47. The van der Waals surface area contributed by atoms with Gasteiger partial charge in [-0.3, -0.25) is 4.79 Å². The fourth-order valence-corrected chi connectivity index (χ4v) is 1.54. The summed E-state index contributed by atoms with van der Waals surface area (Å²) in [6.45, 7) is 3.69. The summed E-state index contributed by atoms with van der Waals surface area (Å²) in [5.74, 6) is 0.554. The average molecular weight is 170 g/mol. The molecule has 12 heavy (non-hydrogen) atoms. The van der Waals surface area contributed by atoms with E-state index in [0.29, 0.717) is 5.92 Å². The summed E-state index contributed by atoms with van der Waals surface area (Å²) >= 11 is 0.